The number of hydrogen-bond donors (Lipinski definition) is 1. The Kier molecular flexibility index (Phi) is 4.12. The Labute approximate surface area is 152 Å². The van der Waals surface area contributed by atoms with Crippen LogP contribution in [-0.4, -0.2) is 36.7 Å². The molecule has 1 amide bonds. The SMILES string of the molecule is CC1(C)Cc2ccc(Br)cc2C1NC(=O)O[C@H]1CN2CCC1CC2. The maximum absolute atomic E-state index is 12.6. The first-order valence-electron chi connectivity index (χ1n) is 8.90. The Bertz CT molecular complexity index is 653. The fourth-order valence-electron chi connectivity index (χ4n) is 4.62. The van der Waals surface area contributed by atoms with Crippen molar-refractivity contribution < 1.29 is 9.53 Å². The van der Waals surface area contributed by atoms with Crippen LogP contribution >= 0.6 is 15.9 Å². The van der Waals surface area contributed by atoms with Crippen LogP contribution in [0.3, 0.4) is 0 Å². The summed E-state index contributed by atoms with van der Waals surface area (Å²) >= 11 is 3.55. The van der Waals surface area contributed by atoms with Crippen molar-refractivity contribution in [2.45, 2.75) is 45.3 Å². The van der Waals surface area contributed by atoms with Crippen LogP contribution in [0.15, 0.2) is 22.7 Å². The Morgan fingerprint density at radius 2 is 2.08 bits per heavy atom. The Morgan fingerprint density at radius 3 is 2.75 bits per heavy atom. The smallest absolute Gasteiger partial charge is 0.407 e. The number of fused-ring (bicyclic) bond motifs is 4. The lowest BCUT2D eigenvalue weighted by molar-refractivity contribution is -0.0348. The van der Waals surface area contributed by atoms with E-state index < -0.39 is 0 Å². The summed E-state index contributed by atoms with van der Waals surface area (Å²) in [5.41, 5.74) is 2.52. The number of amides is 1. The highest BCUT2D eigenvalue weighted by Gasteiger charge is 2.41. The van der Waals surface area contributed by atoms with E-state index in [4.69, 9.17) is 4.74 Å². The summed E-state index contributed by atoms with van der Waals surface area (Å²) in [5.74, 6) is 0.541. The fraction of sp³-hybridized carbons (Fsp3) is 0.632. The Morgan fingerprint density at radius 1 is 1.33 bits per heavy atom. The molecule has 5 heteroatoms. The van der Waals surface area contributed by atoms with Crippen LogP contribution in [0.25, 0.3) is 0 Å². The molecule has 0 radical (unpaired) electrons. The monoisotopic (exact) mass is 392 g/mol. The minimum Gasteiger partial charge on any atom is -0.445 e. The van der Waals surface area contributed by atoms with Crippen LogP contribution in [0, 0.1) is 11.3 Å². The van der Waals surface area contributed by atoms with Gasteiger partial charge in [-0.2, -0.15) is 0 Å². The normalized spacial score (nSPS) is 33.1. The minimum atomic E-state index is -0.264. The van der Waals surface area contributed by atoms with Gasteiger partial charge < -0.3 is 10.1 Å². The second-order valence-corrected chi connectivity index (χ2v) is 9.08. The summed E-state index contributed by atoms with van der Waals surface area (Å²) < 4.78 is 6.87. The molecule has 2 bridgehead atoms. The average Bonchev–Trinajstić information content (AvgIpc) is 2.79. The Hall–Kier alpha value is -1.07. The summed E-state index contributed by atoms with van der Waals surface area (Å²) in [6.45, 7) is 7.63. The zero-order valence-electron chi connectivity index (χ0n) is 14.3. The minimum absolute atomic E-state index is 0.00131. The van der Waals surface area contributed by atoms with E-state index in [9.17, 15) is 4.79 Å². The highest BCUT2D eigenvalue weighted by Crippen LogP contribution is 2.46. The maximum atomic E-state index is 12.6. The molecule has 2 atom stereocenters. The molecule has 1 unspecified atom stereocenters. The summed E-state index contributed by atoms with van der Waals surface area (Å²) in [5, 5.41) is 3.16. The predicted molar refractivity (Wildman–Crippen MR) is 96.9 cm³/mol. The third-order valence-electron chi connectivity index (χ3n) is 5.96. The van der Waals surface area contributed by atoms with E-state index in [1.54, 1.807) is 0 Å². The highest BCUT2D eigenvalue weighted by molar-refractivity contribution is 9.10. The zero-order chi connectivity index (χ0) is 16.9. The number of piperidine rings is 3. The number of benzene rings is 1. The van der Waals surface area contributed by atoms with Gasteiger partial charge in [-0.15, -0.1) is 0 Å². The first-order valence-corrected chi connectivity index (χ1v) is 9.69. The highest BCUT2D eigenvalue weighted by atomic mass is 79.9. The van der Waals surface area contributed by atoms with Gasteiger partial charge in [0.15, 0.2) is 0 Å². The van der Waals surface area contributed by atoms with Crippen molar-refractivity contribution in [2.24, 2.45) is 11.3 Å². The number of ether oxygens (including phenoxy) is 1. The number of nitrogens with zero attached hydrogens (tertiary/aromatic N) is 1. The lowest BCUT2D eigenvalue weighted by atomic mass is 9.85. The van der Waals surface area contributed by atoms with Gasteiger partial charge in [-0.3, -0.25) is 4.90 Å². The molecule has 4 nitrogen and oxygen atoms in total. The molecule has 3 saturated heterocycles. The summed E-state index contributed by atoms with van der Waals surface area (Å²) in [4.78, 5) is 15.0. The zero-order valence-corrected chi connectivity index (χ0v) is 15.9. The number of carbonyl (C=O) groups excluding carboxylic acids is 1. The van der Waals surface area contributed by atoms with Gasteiger partial charge in [-0.25, -0.2) is 4.79 Å². The third kappa shape index (κ3) is 2.97. The van der Waals surface area contributed by atoms with Crippen molar-refractivity contribution in [3.63, 3.8) is 0 Å². The fourth-order valence-corrected chi connectivity index (χ4v) is 4.99. The van der Waals surface area contributed by atoms with E-state index in [0.717, 1.165) is 43.4 Å². The van der Waals surface area contributed by atoms with Gasteiger partial charge >= 0.3 is 6.09 Å². The Balaban J connectivity index is 1.46. The molecule has 1 aromatic carbocycles. The van der Waals surface area contributed by atoms with Gasteiger partial charge in [0.1, 0.15) is 6.10 Å². The van der Waals surface area contributed by atoms with Crippen molar-refractivity contribution in [1.29, 1.82) is 0 Å². The number of rotatable bonds is 2. The van der Waals surface area contributed by atoms with Crippen molar-refractivity contribution in [2.75, 3.05) is 19.6 Å². The summed E-state index contributed by atoms with van der Waals surface area (Å²) in [6, 6.07) is 6.35. The predicted octanol–water partition coefficient (Wildman–Crippen LogP) is 3.89. The summed E-state index contributed by atoms with van der Waals surface area (Å²) in [7, 11) is 0. The molecular formula is C19H25BrN2O2. The first-order chi connectivity index (χ1) is 11.4. The van der Waals surface area contributed by atoms with E-state index in [2.05, 4.69) is 58.2 Å². The first kappa shape index (κ1) is 16.4. The maximum Gasteiger partial charge on any atom is 0.407 e. The molecule has 24 heavy (non-hydrogen) atoms. The van der Waals surface area contributed by atoms with Gasteiger partial charge in [-0.05, 0) is 66.9 Å². The largest absolute Gasteiger partial charge is 0.445 e. The summed E-state index contributed by atoms with van der Waals surface area (Å²) in [6.07, 6.45) is 3.07. The number of carbonyl (C=O) groups is 1. The van der Waals surface area contributed by atoms with Crippen LogP contribution in [0.1, 0.15) is 43.9 Å². The van der Waals surface area contributed by atoms with Crippen LogP contribution in [-0.2, 0) is 11.2 Å². The molecule has 1 N–H and O–H groups in total. The molecule has 5 rings (SSSR count). The van der Waals surface area contributed by atoms with Crippen LogP contribution in [0.4, 0.5) is 4.79 Å². The van der Waals surface area contributed by atoms with E-state index in [1.165, 1.54) is 11.1 Å². The standard InChI is InChI=1S/C19H25BrN2O2/c1-19(2)10-13-3-4-14(20)9-15(13)17(19)21-18(23)24-16-11-22-7-5-12(16)6-8-22/h3-4,9,12,16-17H,5-8,10-11H2,1-2H3,(H,21,23)/t16-,17?/m0/s1. The molecule has 0 saturated carbocycles. The second-order valence-electron chi connectivity index (χ2n) is 8.17. The van der Waals surface area contributed by atoms with Gasteiger partial charge in [0.05, 0.1) is 6.04 Å². The van der Waals surface area contributed by atoms with Crippen molar-refractivity contribution in [3.8, 4) is 0 Å². The average molecular weight is 393 g/mol. The van der Waals surface area contributed by atoms with E-state index in [-0.39, 0.29) is 23.7 Å². The number of halogens is 1. The molecule has 3 fully saturated rings. The molecule has 4 aliphatic rings. The van der Waals surface area contributed by atoms with Crippen LogP contribution in [0.5, 0.6) is 0 Å². The van der Waals surface area contributed by atoms with E-state index in [0.29, 0.717) is 5.92 Å². The topological polar surface area (TPSA) is 41.6 Å². The van der Waals surface area contributed by atoms with Gasteiger partial charge in [0.2, 0.25) is 0 Å². The molecule has 0 aromatic heterocycles. The lowest BCUT2D eigenvalue weighted by Crippen LogP contribution is -2.53. The number of hydrogen-bond acceptors (Lipinski definition) is 3. The van der Waals surface area contributed by atoms with Crippen molar-refractivity contribution >= 4 is 22.0 Å². The number of nitrogens with one attached hydrogen (secondary N) is 1. The molecular weight excluding hydrogens is 368 g/mol. The van der Waals surface area contributed by atoms with Crippen molar-refractivity contribution in [3.05, 3.63) is 33.8 Å². The van der Waals surface area contributed by atoms with Crippen molar-refractivity contribution in [1.82, 2.24) is 10.2 Å². The molecule has 0 spiro atoms. The molecule has 1 aromatic rings. The molecule has 1 aliphatic carbocycles. The lowest BCUT2D eigenvalue weighted by Gasteiger charge is -2.44. The van der Waals surface area contributed by atoms with E-state index >= 15 is 0 Å². The molecule has 3 heterocycles. The number of alkyl carbamates (subject to hydrolysis) is 1. The second kappa shape index (κ2) is 6.03. The van der Waals surface area contributed by atoms with E-state index in [1.807, 2.05) is 0 Å². The van der Waals surface area contributed by atoms with Crippen LogP contribution in [0.2, 0.25) is 0 Å². The molecule has 130 valence electrons. The van der Waals surface area contributed by atoms with Gasteiger partial charge in [0.25, 0.3) is 0 Å². The van der Waals surface area contributed by atoms with Crippen LogP contribution < -0.4 is 5.32 Å². The third-order valence-corrected chi connectivity index (χ3v) is 6.46. The van der Waals surface area contributed by atoms with Gasteiger partial charge in [-0.1, -0.05) is 35.8 Å². The van der Waals surface area contributed by atoms with Gasteiger partial charge in [0, 0.05) is 11.0 Å². The quantitative estimate of drug-likeness (QED) is 0.829. The molecule has 3 aliphatic heterocycles.